The number of methoxy groups -OCH3 is 1. The molecule has 7 nitrogen and oxygen atoms in total. The molecule has 1 heterocycles. The molecule has 4 aromatic rings. The molecule has 8 heteroatoms. The fourth-order valence-corrected chi connectivity index (χ4v) is 4.09. The molecule has 0 atom stereocenters. The minimum atomic E-state index is -0.703. The third kappa shape index (κ3) is 4.01. The number of nitro benzene ring substituents is 1. The lowest BCUT2D eigenvalue weighted by Gasteiger charge is -2.08. The highest BCUT2D eigenvalue weighted by atomic mass is 32.1. The number of nitrogens with zero attached hydrogens (tertiary/aromatic N) is 2. The second-order valence-corrected chi connectivity index (χ2v) is 7.62. The summed E-state index contributed by atoms with van der Waals surface area (Å²) in [6.07, 6.45) is 1.53. The van der Waals surface area contributed by atoms with Crippen molar-refractivity contribution in [2.24, 2.45) is 0 Å². The number of hydrogen-bond acceptors (Lipinski definition) is 7. The molecule has 3 aromatic carbocycles. The SMILES string of the molecule is COc1cc(C=C(C(=O)c2ccccc2)c2nc3ccccc3s2)cc([N+](=O)[O-])c1O. The molecule has 1 N–H and O–H groups in total. The molecule has 0 amide bonds. The number of Topliss-reactive ketones (excluding diaryl/α,β-unsaturated/α-hetero) is 1. The molecular weight excluding hydrogens is 416 g/mol. The Hall–Kier alpha value is -4.04. The molecule has 31 heavy (non-hydrogen) atoms. The number of hydrogen-bond donors (Lipinski definition) is 1. The lowest BCUT2D eigenvalue weighted by atomic mass is 10.0. The average Bonchev–Trinajstić information content (AvgIpc) is 3.22. The van der Waals surface area contributed by atoms with Gasteiger partial charge in [-0.25, -0.2) is 4.98 Å². The smallest absolute Gasteiger partial charge is 0.315 e. The maximum atomic E-state index is 13.4. The first-order chi connectivity index (χ1) is 15.0. The van der Waals surface area contributed by atoms with E-state index in [-0.39, 0.29) is 17.1 Å². The van der Waals surface area contributed by atoms with Crippen LogP contribution in [-0.4, -0.2) is 27.9 Å². The number of ether oxygens (including phenoxy) is 1. The van der Waals surface area contributed by atoms with Crippen molar-refractivity contribution in [3.8, 4) is 11.5 Å². The van der Waals surface area contributed by atoms with Gasteiger partial charge in [-0.15, -0.1) is 11.3 Å². The summed E-state index contributed by atoms with van der Waals surface area (Å²) >= 11 is 1.36. The lowest BCUT2D eigenvalue weighted by molar-refractivity contribution is -0.386. The Morgan fingerprint density at radius 3 is 2.52 bits per heavy atom. The monoisotopic (exact) mass is 432 g/mol. The normalized spacial score (nSPS) is 11.5. The number of rotatable bonds is 6. The van der Waals surface area contributed by atoms with Gasteiger partial charge in [0.1, 0.15) is 5.01 Å². The second-order valence-electron chi connectivity index (χ2n) is 6.59. The van der Waals surface area contributed by atoms with E-state index < -0.39 is 16.4 Å². The van der Waals surface area contributed by atoms with E-state index in [2.05, 4.69) is 4.98 Å². The predicted molar refractivity (Wildman–Crippen MR) is 120 cm³/mol. The quantitative estimate of drug-likeness (QED) is 0.191. The van der Waals surface area contributed by atoms with Gasteiger partial charge in [0.2, 0.25) is 5.75 Å². The molecule has 0 saturated carbocycles. The molecule has 0 aliphatic rings. The van der Waals surface area contributed by atoms with Crippen molar-refractivity contribution in [1.29, 1.82) is 0 Å². The van der Waals surface area contributed by atoms with Crippen LogP contribution in [0.5, 0.6) is 11.5 Å². The van der Waals surface area contributed by atoms with Crippen LogP contribution in [0.25, 0.3) is 21.9 Å². The van der Waals surface area contributed by atoms with E-state index in [1.54, 1.807) is 24.3 Å². The highest BCUT2D eigenvalue weighted by molar-refractivity contribution is 7.20. The van der Waals surface area contributed by atoms with E-state index in [4.69, 9.17) is 4.74 Å². The van der Waals surface area contributed by atoms with Gasteiger partial charge in [-0.1, -0.05) is 42.5 Å². The summed E-state index contributed by atoms with van der Waals surface area (Å²) in [4.78, 5) is 28.6. The van der Waals surface area contributed by atoms with Crippen molar-refractivity contribution < 1.29 is 19.6 Å². The average molecular weight is 432 g/mol. The molecule has 154 valence electrons. The number of carbonyl (C=O) groups excluding carboxylic acids is 1. The van der Waals surface area contributed by atoms with Crippen LogP contribution in [0.2, 0.25) is 0 Å². The number of thiazole rings is 1. The molecule has 4 rings (SSSR count). The third-order valence-electron chi connectivity index (χ3n) is 4.61. The number of phenolic OH excluding ortho intramolecular Hbond substituents is 1. The number of allylic oxidation sites excluding steroid dienone is 1. The van der Waals surface area contributed by atoms with Gasteiger partial charge in [0.15, 0.2) is 11.5 Å². The van der Waals surface area contributed by atoms with Gasteiger partial charge < -0.3 is 9.84 Å². The van der Waals surface area contributed by atoms with Gasteiger partial charge in [0, 0.05) is 11.6 Å². The Balaban J connectivity index is 1.92. The minimum Gasteiger partial charge on any atom is -0.500 e. The van der Waals surface area contributed by atoms with Gasteiger partial charge in [0.25, 0.3) is 0 Å². The molecule has 0 radical (unpaired) electrons. The topological polar surface area (TPSA) is 103 Å². The first-order valence-electron chi connectivity index (χ1n) is 9.20. The molecule has 0 bridgehead atoms. The van der Waals surface area contributed by atoms with Gasteiger partial charge in [-0.05, 0) is 29.8 Å². The van der Waals surface area contributed by atoms with E-state index in [0.717, 1.165) is 10.2 Å². The zero-order valence-electron chi connectivity index (χ0n) is 16.3. The Kier molecular flexibility index (Phi) is 5.46. The molecule has 0 aliphatic heterocycles. The van der Waals surface area contributed by atoms with E-state index >= 15 is 0 Å². The van der Waals surface area contributed by atoms with Gasteiger partial charge >= 0.3 is 5.69 Å². The van der Waals surface area contributed by atoms with Crippen LogP contribution >= 0.6 is 11.3 Å². The van der Waals surface area contributed by atoms with Gasteiger partial charge in [-0.3, -0.25) is 14.9 Å². The largest absolute Gasteiger partial charge is 0.500 e. The second kappa shape index (κ2) is 8.37. The first kappa shape index (κ1) is 20.2. The van der Waals surface area contributed by atoms with Gasteiger partial charge in [0.05, 0.1) is 27.8 Å². The number of para-hydroxylation sites is 1. The Morgan fingerprint density at radius 1 is 1.13 bits per heavy atom. The zero-order valence-corrected chi connectivity index (χ0v) is 17.1. The fourth-order valence-electron chi connectivity index (χ4n) is 3.12. The number of fused-ring (bicyclic) bond motifs is 1. The zero-order chi connectivity index (χ0) is 22.0. The van der Waals surface area contributed by atoms with E-state index in [9.17, 15) is 20.0 Å². The van der Waals surface area contributed by atoms with Crippen LogP contribution in [-0.2, 0) is 0 Å². The molecule has 0 unspecified atom stereocenters. The van der Waals surface area contributed by atoms with Crippen molar-refractivity contribution in [3.05, 3.63) is 93.0 Å². The highest BCUT2D eigenvalue weighted by Gasteiger charge is 2.22. The van der Waals surface area contributed by atoms with Gasteiger partial charge in [-0.2, -0.15) is 0 Å². The summed E-state index contributed by atoms with van der Waals surface area (Å²) in [5.74, 6) is -0.897. The number of aromatic hydroxyl groups is 1. The molecule has 1 aromatic heterocycles. The summed E-state index contributed by atoms with van der Waals surface area (Å²) < 4.78 is 5.99. The predicted octanol–water partition coefficient (Wildman–Crippen LogP) is 5.34. The third-order valence-corrected chi connectivity index (χ3v) is 5.68. The minimum absolute atomic E-state index is 0.0590. The molecule has 0 fully saturated rings. The first-order valence-corrected chi connectivity index (χ1v) is 10.0. The molecule has 0 spiro atoms. The van der Waals surface area contributed by atoms with Crippen molar-refractivity contribution in [2.75, 3.05) is 7.11 Å². The summed E-state index contributed by atoms with van der Waals surface area (Å²) in [5, 5.41) is 21.9. The number of carbonyl (C=O) groups is 1. The number of ketones is 1. The van der Waals surface area contributed by atoms with Crippen LogP contribution in [0.3, 0.4) is 0 Å². The maximum Gasteiger partial charge on any atom is 0.315 e. The summed E-state index contributed by atoms with van der Waals surface area (Å²) in [6, 6.07) is 18.9. The lowest BCUT2D eigenvalue weighted by Crippen LogP contribution is -2.03. The number of aromatic nitrogens is 1. The van der Waals surface area contributed by atoms with Crippen molar-refractivity contribution in [1.82, 2.24) is 4.98 Å². The molecule has 0 aliphatic carbocycles. The van der Waals surface area contributed by atoms with Crippen LogP contribution < -0.4 is 4.74 Å². The fraction of sp³-hybridized carbons (Fsp3) is 0.0435. The van der Waals surface area contributed by atoms with Crippen LogP contribution in [0, 0.1) is 10.1 Å². The number of benzene rings is 3. The van der Waals surface area contributed by atoms with Crippen molar-refractivity contribution in [3.63, 3.8) is 0 Å². The molecular formula is C23H16N2O5S. The number of phenols is 1. The Bertz CT molecular complexity index is 1300. The number of nitro groups is 1. The van der Waals surface area contributed by atoms with Crippen LogP contribution in [0.4, 0.5) is 5.69 Å². The van der Waals surface area contributed by atoms with Crippen molar-refractivity contribution >= 4 is 44.7 Å². The standard InChI is InChI=1S/C23H16N2O5S/c1-30-19-13-14(12-18(22(19)27)25(28)29)11-16(21(26)15-7-3-2-4-8-15)23-24-17-9-5-6-10-20(17)31-23/h2-13,27H,1H3. The van der Waals surface area contributed by atoms with E-state index in [1.165, 1.54) is 36.7 Å². The summed E-state index contributed by atoms with van der Waals surface area (Å²) in [6.45, 7) is 0. The van der Waals surface area contributed by atoms with E-state index in [1.807, 2.05) is 30.3 Å². The summed E-state index contributed by atoms with van der Waals surface area (Å²) in [5.41, 5.74) is 1.33. The Morgan fingerprint density at radius 2 is 1.84 bits per heavy atom. The van der Waals surface area contributed by atoms with Crippen LogP contribution in [0.15, 0.2) is 66.7 Å². The highest BCUT2D eigenvalue weighted by Crippen LogP contribution is 2.38. The summed E-state index contributed by atoms with van der Waals surface area (Å²) in [7, 11) is 1.30. The molecule has 0 saturated heterocycles. The maximum absolute atomic E-state index is 13.4. The van der Waals surface area contributed by atoms with E-state index in [0.29, 0.717) is 16.1 Å². The van der Waals surface area contributed by atoms with Crippen molar-refractivity contribution in [2.45, 2.75) is 0 Å². The Labute approximate surface area is 181 Å². The van der Waals surface area contributed by atoms with Crippen LogP contribution in [0.1, 0.15) is 20.9 Å².